The number of nitrogens with zero attached hydrogens (tertiary/aromatic N) is 1. The van der Waals surface area contributed by atoms with E-state index >= 15 is 0 Å². The van der Waals surface area contributed by atoms with Crippen molar-refractivity contribution in [2.24, 2.45) is 11.3 Å². The van der Waals surface area contributed by atoms with Crippen molar-refractivity contribution in [1.82, 2.24) is 4.90 Å². The molecule has 1 aliphatic carbocycles. The van der Waals surface area contributed by atoms with E-state index in [0.717, 1.165) is 48.1 Å². The van der Waals surface area contributed by atoms with Gasteiger partial charge in [-0.15, -0.1) is 0 Å². The molecule has 0 aromatic heterocycles. The van der Waals surface area contributed by atoms with Crippen LogP contribution < -0.4 is 4.74 Å². The summed E-state index contributed by atoms with van der Waals surface area (Å²) in [7, 11) is 0. The van der Waals surface area contributed by atoms with E-state index in [1.54, 1.807) is 0 Å². The molecular weight excluding hydrogens is 390 g/mol. The van der Waals surface area contributed by atoms with E-state index in [4.69, 9.17) is 4.74 Å². The molecule has 3 rings (SSSR count). The van der Waals surface area contributed by atoms with Crippen LogP contribution in [0.2, 0.25) is 0 Å². The van der Waals surface area contributed by atoms with Gasteiger partial charge in [0.1, 0.15) is 18.0 Å². The second-order valence-corrected chi connectivity index (χ2v) is 11.4. The lowest BCUT2D eigenvalue weighted by Crippen LogP contribution is -2.62. The van der Waals surface area contributed by atoms with E-state index in [9.17, 15) is 15.3 Å². The van der Waals surface area contributed by atoms with Crippen molar-refractivity contribution >= 4 is 0 Å². The van der Waals surface area contributed by atoms with Gasteiger partial charge in [0.05, 0.1) is 11.7 Å². The van der Waals surface area contributed by atoms with E-state index in [1.165, 1.54) is 0 Å². The van der Waals surface area contributed by atoms with Crippen LogP contribution in [-0.2, 0) is 0 Å². The number of β-amino-alcohol motifs (C(OH)–C–C–N with tert-alkyl or cyclic N) is 2. The van der Waals surface area contributed by atoms with Crippen molar-refractivity contribution in [3.8, 4) is 5.75 Å². The third-order valence-electron chi connectivity index (χ3n) is 7.84. The molecule has 5 heteroatoms. The normalized spacial score (nSPS) is 32.8. The van der Waals surface area contributed by atoms with Crippen molar-refractivity contribution in [2.75, 3.05) is 26.2 Å². The van der Waals surface area contributed by atoms with E-state index in [-0.39, 0.29) is 12.0 Å². The van der Waals surface area contributed by atoms with Crippen molar-refractivity contribution < 1.29 is 20.1 Å². The van der Waals surface area contributed by atoms with Gasteiger partial charge in [-0.2, -0.15) is 0 Å². The van der Waals surface area contributed by atoms with Crippen LogP contribution in [0.3, 0.4) is 0 Å². The number of benzene rings is 1. The van der Waals surface area contributed by atoms with E-state index < -0.39 is 17.3 Å². The van der Waals surface area contributed by atoms with Gasteiger partial charge in [0.15, 0.2) is 0 Å². The summed E-state index contributed by atoms with van der Waals surface area (Å²) in [5.74, 6) is 1.43. The van der Waals surface area contributed by atoms with Crippen molar-refractivity contribution in [3.63, 3.8) is 0 Å². The molecule has 2 atom stereocenters. The maximum absolute atomic E-state index is 11.3. The SMILES string of the molecule is Cc1ccc(C)c(OC[C@@]2(O)CN(CC3(O)CCC(C(C)(C)C)CC3)CC[C@@H]2O)c1C. The standard InChI is InChI=1S/C26H43NO4/c1-18-7-8-19(2)23(20(18)3)31-17-26(30)16-27(14-11-22(26)28)15-25(29)12-9-21(10-13-25)24(4,5)6/h7-8,21-22,28-30H,9-17H2,1-6H3/t21?,22-,25?,26-/m0/s1. The van der Waals surface area contributed by atoms with Gasteiger partial charge in [-0.25, -0.2) is 0 Å². The first-order chi connectivity index (χ1) is 14.3. The van der Waals surface area contributed by atoms with E-state index in [2.05, 4.69) is 31.7 Å². The highest BCUT2D eigenvalue weighted by molar-refractivity contribution is 5.44. The first kappa shape index (κ1) is 24.5. The number of hydrogen-bond donors (Lipinski definition) is 3. The van der Waals surface area contributed by atoms with Crippen LogP contribution in [0.25, 0.3) is 0 Å². The molecule has 0 amide bonds. The molecule has 1 aromatic rings. The van der Waals surface area contributed by atoms with Crippen LogP contribution in [-0.4, -0.2) is 63.8 Å². The number of likely N-dealkylation sites (tertiary alicyclic amines) is 1. The Morgan fingerprint density at radius 2 is 1.65 bits per heavy atom. The Morgan fingerprint density at radius 3 is 2.26 bits per heavy atom. The smallest absolute Gasteiger partial charge is 0.137 e. The molecule has 1 aliphatic heterocycles. The zero-order valence-corrected chi connectivity index (χ0v) is 20.4. The molecule has 0 radical (unpaired) electrons. The van der Waals surface area contributed by atoms with Gasteiger partial charge < -0.3 is 20.1 Å². The Balaban J connectivity index is 1.63. The highest BCUT2D eigenvalue weighted by Gasteiger charge is 2.45. The zero-order valence-electron chi connectivity index (χ0n) is 20.4. The zero-order chi connectivity index (χ0) is 23.0. The monoisotopic (exact) mass is 433 g/mol. The van der Waals surface area contributed by atoms with Crippen molar-refractivity contribution in [3.05, 3.63) is 28.8 Å². The van der Waals surface area contributed by atoms with Crippen molar-refractivity contribution in [2.45, 2.75) is 91.0 Å². The third kappa shape index (κ3) is 5.62. The molecule has 0 bridgehead atoms. The molecule has 0 spiro atoms. The highest BCUT2D eigenvalue weighted by atomic mass is 16.5. The van der Waals surface area contributed by atoms with Crippen LogP contribution in [0.5, 0.6) is 5.75 Å². The molecular formula is C26H43NO4. The second kappa shape index (κ2) is 9.01. The van der Waals surface area contributed by atoms with Gasteiger partial charge in [0.25, 0.3) is 0 Å². The fraction of sp³-hybridized carbons (Fsp3) is 0.769. The van der Waals surface area contributed by atoms with Gasteiger partial charge >= 0.3 is 0 Å². The number of ether oxygens (including phenoxy) is 1. The first-order valence-corrected chi connectivity index (χ1v) is 11.9. The number of aliphatic hydroxyl groups excluding tert-OH is 1. The quantitative estimate of drug-likeness (QED) is 0.659. The number of aryl methyl sites for hydroxylation is 2. The summed E-state index contributed by atoms with van der Waals surface area (Å²) in [6.45, 7) is 14.5. The number of aliphatic hydroxyl groups is 3. The average Bonchev–Trinajstić information content (AvgIpc) is 2.67. The fourth-order valence-electron chi connectivity index (χ4n) is 5.36. The average molecular weight is 434 g/mol. The summed E-state index contributed by atoms with van der Waals surface area (Å²) in [5, 5.41) is 33.1. The summed E-state index contributed by atoms with van der Waals surface area (Å²) in [6.07, 6.45) is 3.31. The summed E-state index contributed by atoms with van der Waals surface area (Å²) < 4.78 is 6.08. The molecule has 3 N–H and O–H groups in total. The summed E-state index contributed by atoms with van der Waals surface area (Å²) in [6, 6.07) is 4.09. The van der Waals surface area contributed by atoms with Crippen LogP contribution in [0, 0.1) is 32.1 Å². The lowest BCUT2D eigenvalue weighted by atomic mass is 9.68. The molecule has 31 heavy (non-hydrogen) atoms. The second-order valence-electron chi connectivity index (χ2n) is 11.4. The molecule has 0 unspecified atom stereocenters. The third-order valence-corrected chi connectivity index (χ3v) is 7.84. The molecule has 1 saturated heterocycles. The topological polar surface area (TPSA) is 73.2 Å². The minimum atomic E-state index is -1.35. The molecule has 2 fully saturated rings. The maximum atomic E-state index is 11.3. The summed E-state index contributed by atoms with van der Waals surface area (Å²) in [4.78, 5) is 2.11. The lowest BCUT2D eigenvalue weighted by molar-refractivity contribution is -0.151. The van der Waals surface area contributed by atoms with Gasteiger partial charge in [-0.3, -0.25) is 4.90 Å². The largest absolute Gasteiger partial charge is 0.490 e. The Bertz CT molecular complexity index is 763. The molecule has 1 saturated carbocycles. The Labute approximate surface area is 188 Å². The van der Waals surface area contributed by atoms with Gasteiger partial charge in [0, 0.05) is 19.6 Å². The Kier molecular flexibility index (Phi) is 7.12. The van der Waals surface area contributed by atoms with E-state index in [1.807, 2.05) is 26.8 Å². The molecule has 176 valence electrons. The molecule has 1 heterocycles. The Hall–Kier alpha value is -1.14. The lowest BCUT2D eigenvalue weighted by Gasteiger charge is -2.47. The van der Waals surface area contributed by atoms with Crippen LogP contribution >= 0.6 is 0 Å². The minimum absolute atomic E-state index is 0.0420. The van der Waals surface area contributed by atoms with Crippen LogP contribution in [0.4, 0.5) is 0 Å². The van der Waals surface area contributed by atoms with Gasteiger partial charge in [-0.1, -0.05) is 32.9 Å². The molecule has 2 aliphatic rings. The van der Waals surface area contributed by atoms with E-state index in [0.29, 0.717) is 32.0 Å². The predicted octanol–water partition coefficient (Wildman–Crippen LogP) is 3.76. The van der Waals surface area contributed by atoms with Crippen LogP contribution in [0.1, 0.15) is 69.6 Å². The molecule has 1 aromatic carbocycles. The van der Waals surface area contributed by atoms with Crippen LogP contribution in [0.15, 0.2) is 12.1 Å². The number of hydrogen-bond acceptors (Lipinski definition) is 5. The summed E-state index contributed by atoms with van der Waals surface area (Å²) in [5.41, 5.74) is 1.45. The van der Waals surface area contributed by atoms with Crippen molar-refractivity contribution in [1.29, 1.82) is 0 Å². The summed E-state index contributed by atoms with van der Waals surface area (Å²) >= 11 is 0. The minimum Gasteiger partial charge on any atom is -0.490 e. The maximum Gasteiger partial charge on any atom is 0.137 e. The van der Waals surface area contributed by atoms with Gasteiger partial charge in [-0.05, 0) is 80.9 Å². The fourth-order valence-corrected chi connectivity index (χ4v) is 5.36. The number of rotatable bonds is 5. The highest BCUT2D eigenvalue weighted by Crippen LogP contribution is 2.42. The molecule has 5 nitrogen and oxygen atoms in total. The van der Waals surface area contributed by atoms with Gasteiger partial charge in [0.2, 0.25) is 0 Å². The first-order valence-electron chi connectivity index (χ1n) is 11.9. The predicted molar refractivity (Wildman–Crippen MR) is 125 cm³/mol. The number of piperidine rings is 1. The Morgan fingerprint density at radius 1 is 1.03 bits per heavy atom.